The van der Waals surface area contributed by atoms with E-state index < -0.39 is 10.1 Å². The molecule has 2 aromatic rings. The highest BCUT2D eigenvalue weighted by atomic mass is 32.2. The molecule has 0 radical (unpaired) electrons. The Bertz CT molecular complexity index is 639. The summed E-state index contributed by atoms with van der Waals surface area (Å²) < 4.78 is 30.6. The molecule has 0 fully saturated rings. The van der Waals surface area contributed by atoms with Crippen molar-refractivity contribution >= 4 is 21.9 Å². The minimum absolute atomic E-state index is 0.0524. The van der Waals surface area contributed by atoms with Gasteiger partial charge in [-0.25, -0.2) is 4.98 Å². The lowest BCUT2D eigenvalue weighted by molar-refractivity contribution is 0.488. The van der Waals surface area contributed by atoms with Gasteiger partial charge >= 0.3 is 10.1 Å². The average molecular weight is 312 g/mol. The summed E-state index contributed by atoms with van der Waals surface area (Å²) >= 11 is 1.41. The summed E-state index contributed by atoms with van der Waals surface area (Å²) in [6.45, 7) is 2.83. The van der Waals surface area contributed by atoms with Gasteiger partial charge in [0.25, 0.3) is 0 Å². The molecule has 0 bridgehead atoms. The van der Waals surface area contributed by atoms with E-state index in [1.807, 2.05) is 17.7 Å². The SMILES string of the molecule is CCn1ccnc1SCCS(=O)(=O)Oc1ccccc1. The van der Waals surface area contributed by atoms with Crippen LogP contribution in [0.1, 0.15) is 6.92 Å². The Balaban J connectivity index is 1.87. The highest BCUT2D eigenvalue weighted by Gasteiger charge is 2.13. The van der Waals surface area contributed by atoms with E-state index >= 15 is 0 Å². The van der Waals surface area contributed by atoms with E-state index in [4.69, 9.17) is 4.18 Å². The van der Waals surface area contributed by atoms with E-state index in [0.717, 1.165) is 11.7 Å². The number of thioether (sulfide) groups is 1. The Hall–Kier alpha value is -1.47. The molecule has 0 aliphatic rings. The van der Waals surface area contributed by atoms with Gasteiger partial charge in [-0.3, -0.25) is 0 Å². The van der Waals surface area contributed by atoms with Crippen molar-refractivity contribution in [1.29, 1.82) is 0 Å². The highest BCUT2D eigenvalue weighted by molar-refractivity contribution is 8.00. The van der Waals surface area contributed by atoms with E-state index in [1.54, 1.807) is 36.5 Å². The summed E-state index contributed by atoms with van der Waals surface area (Å²) in [4.78, 5) is 4.18. The first kappa shape index (κ1) is 14.9. The van der Waals surface area contributed by atoms with Gasteiger partial charge in [-0.1, -0.05) is 30.0 Å². The smallest absolute Gasteiger partial charge is 0.310 e. The molecule has 7 heteroatoms. The quantitative estimate of drug-likeness (QED) is 0.580. The maximum Gasteiger partial charge on any atom is 0.310 e. The molecule has 0 saturated carbocycles. The summed E-state index contributed by atoms with van der Waals surface area (Å²) in [5.41, 5.74) is 0. The predicted octanol–water partition coefficient (Wildman–Crippen LogP) is 2.40. The number of imidazole rings is 1. The van der Waals surface area contributed by atoms with Gasteiger partial charge in [0, 0.05) is 24.7 Å². The van der Waals surface area contributed by atoms with Crippen LogP contribution in [0.25, 0.3) is 0 Å². The second kappa shape index (κ2) is 6.81. The Kier molecular flexibility index (Phi) is 5.08. The maximum absolute atomic E-state index is 11.8. The van der Waals surface area contributed by atoms with Crippen molar-refractivity contribution in [2.75, 3.05) is 11.5 Å². The van der Waals surface area contributed by atoms with Crippen LogP contribution in [-0.4, -0.2) is 29.5 Å². The van der Waals surface area contributed by atoms with Crippen LogP contribution in [0, 0.1) is 0 Å². The van der Waals surface area contributed by atoms with Gasteiger partial charge in [0.05, 0.1) is 5.75 Å². The van der Waals surface area contributed by atoms with Crippen LogP contribution < -0.4 is 4.18 Å². The van der Waals surface area contributed by atoms with Crippen LogP contribution >= 0.6 is 11.8 Å². The number of rotatable bonds is 7. The summed E-state index contributed by atoms with van der Waals surface area (Å²) in [6, 6.07) is 8.51. The summed E-state index contributed by atoms with van der Waals surface area (Å²) in [6.07, 6.45) is 3.58. The molecule has 0 amide bonds. The minimum Gasteiger partial charge on any atom is -0.382 e. The first-order valence-electron chi connectivity index (χ1n) is 6.22. The molecule has 1 heterocycles. The molecule has 0 unspecified atom stereocenters. The molecule has 20 heavy (non-hydrogen) atoms. The van der Waals surface area contributed by atoms with Crippen molar-refractivity contribution in [1.82, 2.24) is 9.55 Å². The zero-order valence-corrected chi connectivity index (χ0v) is 12.7. The van der Waals surface area contributed by atoms with Crippen molar-refractivity contribution in [3.63, 3.8) is 0 Å². The van der Waals surface area contributed by atoms with E-state index in [2.05, 4.69) is 4.98 Å². The fourth-order valence-corrected chi connectivity index (χ4v) is 3.89. The molecule has 2 rings (SSSR count). The van der Waals surface area contributed by atoms with E-state index in [9.17, 15) is 8.42 Å². The van der Waals surface area contributed by atoms with E-state index in [1.165, 1.54) is 11.8 Å². The molecule has 0 saturated heterocycles. The third-order valence-corrected chi connectivity index (χ3v) is 4.96. The van der Waals surface area contributed by atoms with Gasteiger partial charge in [0.15, 0.2) is 5.16 Å². The number of hydrogen-bond acceptors (Lipinski definition) is 5. The zero-order chi connectivity index (χ0) is 14.4. The Morgan fingerprint density at radius 2 is 2.05 bits per heavy atom. The number of aryl methyl sites for hydroxylation is 1. The summed E-state index contributed by atoms with van der Waals surface area (Å²) in [5.74, 6) is 0.697. The molecule has 0 atom stereocenters. The minimum atomic E-state index is -3.57. The molecule has 0 N–H and O–H groups in total. The normalized spacial score (nSPS) is 11.4. The van der Waals surface area contributed by atoms with Crippen molar-refractivity contribution in [2.24, 2.45) is 0 Å². The van der Waals surface area contributed by atoms with Crippen LogP contribution in [-0.2, 0) is 16.7 Å². The first-order valence-corrected chi connectivity index (χ1v) is 8.78. The molecule has 1 aromatic heterocycles. The van der Waals surface area contributed by atoms with Crippen molar-refractivity contribution in [3.8, 4) is 5.75 Å². The van der Waals surface area contributed by atoms with Crippen LogP contribution in [0.15, 0.2) is 47.9 Å². The van der Waals surface area contributed by atoms with E-state index in [0.29, 0.717) is 11.5 Å². The number of aromatic nitrogens is 2. The molecule has 0 aliphatic carbocycles. The molecule has 5 nitrogen and oxygen atoms in total. The maximum atomic E-state index is 11.8. The number of nitrogens with zero attached hydrogens (tertiary/aromatic N) is 2. The summed E-state index contributed by atoms with van der Waals surface area (Å²) in [7, 11) is -3.57. The van der Waals surface area contributed by atoms with Crippen LogP contribution in [0.5, 0.6) is 5.75 Å². The van der Waals surface area contributed by atoms with Crippen LogP contribution in [0.4, 0.5) is 0 Å². The molecule has 108 valence electrons. The topological polar surface area (TPSA) is 61.2 Å². The Morgan fingerprint density at radius 1 is 1.30 bits per heavy atom. The zero-order valence-electron chi connectivity index (χ0n) is 11.1. The highest BCUT2D eigenvalue weighted by Crippen LogP contribution is 2.17. The van der Waals surface area contributed by atoms with Gasteiger partial charge in [-0.15, -0.1) is 0 Å². The second-order valence-corrected chi connectivity index (χ2v) is 6.75. The molecule has 0 aliphatic heterocycles. The first-order chi connectivity index (χ1) is 9.61. The molecule has 0 spiro atoms. The Morgan fingerprint density at radius 3 is 2.75 bits per heavy atom. The van der Waals surface area contributed by atoms with E-state index in [-0.39, 0.29) is 5.75 Å². The fraction of sp³-hybridized carbons (Fsp3) is 0.308. The van der Waals surface area contributed by atoms with Crippen molar-refractivity contribution in [3.05, 3.63) is 42.7 Å². The standard InChI is InChI=1S/C13H16N2O3S2/c1-2-15-9-8-14-13(15)19-10-11-20(16,17)18-12-6-4-3-5-7-12/h3-9H,2,10-11H2,1H3. The summed E-state index contributed by atoms with van der Waals surface area (Å²) in [5, 5.41) is 0.822. The number of benzene rings is 1. The number of para-hydroxylation sites is 1. The van der Waals surface area contributed by atoms with Gasteiger partial charge in [0.1, 0.15) is 5.75 Å². The molecular weight excluding hydrogens is 296 g/mol. The van der Waals surface area contributed by atoms with Crippen LogP contribution in [0.3, 0.4) is 0 Å². The third-order valence-electron chi connectivity index (χ3n) is 2.55. The van der Waals surface area contributed by atoms with Crippen LogP contribution in [0.2, 0.25) is 0 Å². The van der Waals surface area contributed by atoms with Gasteiger partial charge < -0.3 is 8.75 Å². The largest absolute Gasteiger partial charge is 0.382 e. The lowest BCUT2D eigenvalue weighted by Crippen LogP contribution is -2.15. The van der Waals surface area contributed by atoms with Gasteiger partial charge in [0.2, 0.25) is 0 Å². The fourth-order valence-electron chi connectivity index (χ4n) is 1.58. The monoisotopic (exact) mass is 312 g/mol. The van der Waals surface area contributed by atoms with Gasteiger partial charge in [-0.05, 0) is 19.1 Å². The third kappa shape index (κ3) is 4.28. The Labute approximate surface area is 123 Å². The van der Waals surface area contributed by atoms with Crippen molar-refractivity contribution in [2.45, 2.75) is 18.6 Å². The predicted molar refractivity (Wildman–Crippen MR) is 79.5 cm³/mol. The van der Waals surface area contributed by atoms with Gasteiger partial charge in [-0.2, -0.15) is 8.42 Å². The van der Waals surface area contributed by atoms with Crippen molar-refractivity contribution < 1.29 is 12.6 Å². The lowest BCUT2D eigenvalue weighted by Gasteiger charge is -2.07. The average Bonchev–Trinajstić information content (AvgIpc) is 2.86. The molecule has 1 aromatic carbocycles. The second-order valence-electron chi connectivity index (χ2n) is 4.00. The molecular formula is C13H16N2O3S2. The number of hydrogen-bond donors (Lipinski definition) is 0. The lowest BCUT2D eigenvalue weighted by atomic mass is 10.3.